The number of hydrogen-bond donors (Lipinski definition) is 2. The Hall–Kier alpha value is -2.66. The van der Waals surface area contributed by atoms with Crippen LogP contribution in [-0.2, 0) is 13.0 Å². The molecule has 27 heavy (non-hydrogen) atoms. The molecule has 4 rings (SSSR count). The largest absolute Gasteiger partial charge is 0.508 e. The fourth-order valence-electron chi connectivity index (χ4n) is 3.76. The van der Waals surface area contributed by atoms with E-state index in [0.717, 1.165) is 42.8 Å². The summed E-state index contributed by atoms with van der Waals surface area (Å²) >= 11 is 0. The Bertz CT molecular complexity index is 853. The van der Waals surface area contributed by atoms with Crippen LogP contribution in [0.2, 0.25) is 0 Å². The predicted octanol–water partition coefficient (Wildman–Crippen LogP) is 3.77. The molecule has 1 unspecified atom stereocenters. The van der Waals surface area contributed by atoms with Gasteiger partial charge in [0.25, 0.3) is 0 Å². The molecule has 1 aromatic carbocycles. The molecule has 0 radical (unpaired) electrons. The first kappa shape index (κ1) is 17.7. The molecule has 1 aliphatic rings. The molecule has 0 spiro atoms. The van der Waals surface area contributed by atoms with E-state index in [4.69, 9.17) is 0 Å². The number of rotatable bonds is 6. The molecule has 0 aliphatic carbocycles. The second-order valence-corrected chi connectivity index (χ2v) is 7.36. The molecule has 0 amide bonds. The van der Waals surface area contributed by atoms with Gasteiger partial charge in [0.2, 0.25) is 0 Å². The van der Waals surface area contributed by atoms with Crippen LogP contribution in [0.4, 0.5) is 0 Å². The molecule has 1 atom stereocenters. The van der Waals surface area contributed by atoms with Crippen molar-refractivity contribution in [2.24, 2.45) is 0 Å². The van der Waals surface area contributed by atoms with E-state index in [-0.39, 0.29) is 0 Å². The summed E-state index contributed by atoms with van der Waals surface area (Å²) in [5, 5.41) is 13.8. The van der Waals surface area contributed by atoms with Gasteiger partial charge in [-0.15, -0.1) is 0 Å². The number of benzene rings is 1. The van der Waals surface area contributed by atoms with Crippen LogP contribution >= 0.6 is 0 Å². The number of aromatic nitrogens is 3. The first-order chi connectivity index (χ1) is 13.3. The zero-order valence-electron chi connectivity index (χ0n) is 15.5. The molecular formula is C22H26N4O. The summed E-state index contributed by atoms with van der Waals surface area (Å²) in [6.07, 6.45) is 13.4. The zero-order valence-corrected chi connectivity index (χ0v) is 15.5. The Balaban J connectivity index is 1.45. The number of pyridine rings is 1. The fourth-order valence-corrected chi connectivity index (χ4v) is 3.76. The summed E-state index contributed by atoms with van der Waals surface area (Å²) in [7, 11) is 0. The molecule has 3 heterocycles. The number of imidazole rings is 1. The number of hydrogen-bond acceptors (Lipinski definition) is 4. The molecule has 5 heteroatoms. The first-order valence-corrected chi connectivity index (χ1v) is 9.74. The van der Waals surface area contributed by atoms with E-state index in [2.05, 4.69) is 27.4 Å². The Kier molecular flexibility index (Phi) is 5.49. The van der Waals surface area contributed by atoms with Gasteiger partial charge in [-0.2, -0.15) is 0 Å². The lowest BCUT2D eigenvalue weighted by atomic mass is 9.96. The molecular weight excluding hydrogens is 336 g/mol. The SMILES string of the molecule is Oc1cc(CCC2CCCCN2)cc(-c2ccc(Cn3ccnc3)cn2)c1. The summed E-state index contributed by atoms with van der Waals surface area (Å²) in [5.74, 6) is 0.309. The van der Waals surface area contributed by atoms with Crippen LogP contribution in [0, 0.1) is 0 Å². The van der Waals surface area contributed by atoms with Crippen LogP contribution in [0.3, 0.4) is 0 Å². The van der Waals surface area contributed by atoms with E-state index in [1.165, 1.54) is 24.8 Å². The first-order valence-electron chi connectivity index (χ1n) is 9.74. The second-order valence-electron chi connectivity index (χ2n) is 7.36. The molecule has 1 saturated heterocycles. The minimum absolute atomic E-state index is 0.309. The van der Waals surface area contributed by atoms with Gasteiger partial charge in [0.15, 0.2) is 0 Å². The molecule has 3 aromatic rings. The smallest absolute Gasteiger partial charge is 0.116 e. The van der Waals surface area contributed by atoms with Gasteiger partial charge < -0.3 is 15.0 Å². The Morgan fingerprint density at radius 3 is 2.85 bits per heavy atom. The van der Waals surface area contributed by atoms with E-state index < -0.39 is 0 Å². The van der Waals surface area contributed by atoms with Crippen molar-refractivity contribution in [3.63, 3.8) is 0 Å². The zero-order chi connectivity index (χ0) is 18.5. The van der Waals surface area contributed by atoms with Gasteiger partial charge in [0, 0.05) is 36.7 Å². The van der Waals surface area contributed by atoms with Crippen LogP contribution < -0.4 is 5.32 Å². The molecule has 140 valence electrons. The van der Waals surface area contributed by atoms with Crippen molar-refractivity contribution in [2.45, 2.75) is 44.7 Å². The highest BCUT2D eigenvalue weighted by atomic mass is 16.3. The third kappa shape index (κ3) is 4.74. The minimum Gasteiger partial charge on any atom is -0.508 e. The summed E-state index contributed by atoms with van der Waals surface area (Å²) in [5.41, 5.74) is 4.15. The van der Waals surface area contributed by atoms with Gasteiger partial charge >= 0.3 is 0 Å². The molecule has 0 bridgehead atoms. The highest BCUT2D eigenvalue weighted by Crippen LogP contribution is 2.26. The summed E-state index contributed by atoms with van der Waals surface area (Å²) < 4.78 is 2.02. The molecule has 2 N–H and O–H groups in total. The van der Waals surface area contributed by atoms with Crippen LogP contribution in [0.25, 0.3) is 11.3 Å². The van der Waals surface area contributed by atoms with Gasteiger partial charge in [-0.1, -0.05) is 12.5 Å². The van der Waals surface area contributed by atoms with Crippen molar-refractivity contribution in [1.29, 1.82) is 0 Å². The molecule has 0 saturated carbocycles. The average Bonchev–Trinajstić information content (AvgIpc) is 3.20. The predicted molar refractivity (Wildman–Crippen MR) is 107 cm³/mol. The minimum atomic E-state index is 0.309. The number of phenols is 1. The van der Waals surface area contributed by atoms with Gasteiger partial charge in [-0.05, 0) is 67.6 Å². The maximum Gasteiger partial charge on any atom is 0.116 e. The fraction of sp³-hybridized carbons (Fsp3) is 0.364. The van der Waals surface area contributed by atoms with E-state index in [1.54, 1.807) is 18.6 Å². The molecule has 1 fully saturated rings. The second kappa shape index (κ2) is 8.35. The molecule has 1 aliphatic heterocycles. The summed E-state index contributed by atoms with van der Waals surface area (Å²) in [6, 6.07) is 10.5. The highest BCUT2D eigenvalue weighted by molar-refractivity contribution is 5.62. The lowest BCUT2D eigenvalue weighted by Gasteiger charge is -2.23. The molecule has 5 nitrogen and oxygen atoms in total. The molecule has 2 aromatic heterocycles. The van der Waals surface area contributed by atoms with Crippen molar-refractivity contribution < 1.29 is 5.11 Å². The third-order valence-corrected chi connectivity index (χ3v) is 5.22. The monoisotopic (exact) mass is 362 g/mol. The average molecular weight is 362 g/mol. The standard InChI is InChI=1S/C22H26N4O/c27-21-12-17(4-6-20-3-1-2-8-24-20)11-19(13-21)22-7-5-18(14-25-22)15-26-10-9-23-16-26/h5,7,9-14,16,20,24,27H,1-4,6,8,15H2. The van der Waals surface area contributed by atoms with Crippen LogP contribution in [-0.4, -0.2) is 32.2 Å². The Morgan fingerprint density at radius 2 is 2.11 bits per heavy atom. The number of phenolic OH excluding ortho intramolecular Hbond substituents is 1. The number of piperidine rings is 1. The van der Waals surface area contributed by atoms with Crippen molar-refractivity contribution >= 4 is 0 Å². The lowest BCUT2D eigenvalue weighted by molar-refractivity contribution is 0.382. The van der Waals surface area contributed by atoms with Gasteiger partial charge in [-0.3, -0.25) is 4.98 Å². The van der Waals surface area contributed by atoms with E-state index in [9.17, 15) is 5.11 Å². The number of aryl methyl sites for hydroxylation is 1. The van der Waals surface area contributed by atoms with Gasteiger partial charge in [0.1, 0.15) is 5.75 Å². The van der Waals surface area contributed by atoms with Crippen molar-refractivity contribution in [1.82, 2.24) is 19.9 Å². The maximum absolute atomic E-state index is 10.2. The Labute approximate surface area is 160 Å². The van der Waals surface area contributed by atoms with Crippen molar-refractivity contribution in [2.75, 3.05) is 6.54 Å². The number of nitrogens with zero attached hydrogens (tertiary/aromatic N) is 3. The van der Waals surface area contributed by atoms with Gasteiger partial charge in [0.05, 0.1) is 12.0 Å². The topological polar surface area (TPSA) is 63.0 Å². The lowest BCUT2D eigenvalue weighted by Crippen LogP contribution is -2.34. The number of nitrogens with one attached hydrogen (secondary N) is 1. The van der Waals surface area contributed by atoms with Crippen LogP contribution in [0.1, 0.15) is 36.8 Å². The maximum atomic E-state index is 10.2. The summed E-state index contributed by atoms with van der Waals surface area (Å²) in [4.78, 5) is 8.67. The van der Waals surface area contributed by atoms with Crippen LogP contribution in [0.15, 0.2) is 55.2 Å². The third-order valence-electron chi connectivity index (χ3n) is 5.22. The quantitative estimate of drug-likeness (QED) is 0.701. The van der Waals surface area contributed by atoms with E-state index in [1.807, 2.05) is 29.1 Å². The number of aromatic hydroxyl groups is 1. The van der Waals surface area contributed by atoms with E-state index in [0.29, 0.717) is 11.8 Å². The van der Waals surface area contributed by atoms with E-state index >= 15 is 0 Å². The Morgan fingerprint density at radius 1 is 1.15 bits per heavy atom. The normalized spacial score (nSPS) is 17.1. The van der Waals surface area contributed by atoms with Crippen molar-refractivity contribution in [3.8, 4) is 17.0 Å². The van der Waals surface area contributed by atoms with Gasteiger partial charge in [-0.25, -0.2) is 4.98 Å². The highest BCUT2D eigenvalue weighted by Gasteiger charge is 2.13. The van der Waals surface area contributed by atoms with Crippen LogP contribution in [0.5, 0.6) is 5.75 Å². The van der Waals surface area contributed by atoms with Crippen molar-refractivity contribution in [3.05, 3.63) is 66.4 Å². The summed E-state index contributed by atoms with van der Waals surface area (Å²) in [6.45, 7) is 1.89.